The van der Waals surface area contributed by atoms with Crippen molar-refractivity contribution in [3.8, 4) is 5.75 Å². The predicted molar refractivity (Wildman–Crippen MR) is 51.7 cm³/mol. The van der Waals surface area contributed by atoms with E-state index < -0.39 is 12.1 Å². The van der Waals surface area contributed by atoms with Gasteiger partial charge < -0.3 is 15.9 Å². The molecule has 0 spiro atoms. The SMILES string of the molecule is C[C@H](O)[C@H](N)c1cccc(O)c1Cl. The zero-order valence-electron chi connectivity index (χ0n) is 7.24. The van der Waals surface area contributed by atoms with Crippen molar-refractivity contribution < 1.29 is 10.2 Å². The molecule has 0 saturated carbocycles. The van der Waals surface area contributed by atoms with E-state index in [1.54, 1.807) is 19.1 Å². The summed E-state index contributed by atoms with van der Waals surface area (Å²) in [5.74, 6) is -0.0183. The fourth-order valence-electron chi connectivity index (χ4n) is 1.05. The van der Waals surface area contributed by atoms with Crippen molar-refractivity contribution in [3.63, 3.8) is 0 Å². The minimum absolute atomic E-state index is 0.0183. The van der Waals surface area contributed by atoms with Gasteiger partial charge in [-0.2, -0.15) is 0 Å². The first kappa shape index (κ1) is 10.3. The number of nitrogens with two attached hydrogens (primary N) is 1. The molecular weight excluding hydrogens is 190 g/mol. The van der Waals surface area contributed by atoms with Crippen molar-refractivity contribution >= 4 is 11.6 Å². The Morgan fingerprint density at radius 2 is 2.08 bits per heavy atom. The zero-order valence-corrected chi connectivity index (χ0v) is 7.99. The van der Waals surface area contributed by atoms with Crippen LogP contribution in [-0.4, -0.2) is 16.3 Å². The lowest BCUT2D eigenvalue weighted by atomic mass is 10.0. The van der Waals surface area contributed by atoms with Crippen LogP contribution in [0.4, 0.5) is 0 Å². The predicted octanol–water partition coefficient (Wildman–Crippen LogP) is 1.43. The van der Waals surface area contributed by atoms with E-state index in [1.807, 2.05) is 0 Å². The van der Waals surface area contributed by atoms with E-state index in [2.05, 4.69) is 0 Å². The van der Waals surface area contributed by atoms with Crippen molar-refractivity contribution in [2.45, 2.75) is 19.1 Å². The molecule has 0 saturated heterocycles. The summed E-state index contributed by atoms with van der Waals surface area (Å²) < 4.78 is 0. The number of hydrogen-bond donors (Lipinski definition) is 3. The summed E-state index contributed by atoms with van der Waals surface area (Å²) in [4.78, 5) is 0. The molecule has 1 rings (SSSR count). The van der Waals surface area contributed by atoms with Gasteiger partial charge in [-0.15, -0.1) is 0 Å². The third-order valence-corrected chi connectivity index (χ3v) is 2.30. The monoisotopic (exact) mass is 201 g/mol. The van der Waals surface area contributed by atoms with Crippen LogP contribution in [0.25, 0.3) is 0 Å². The Morgan fingerprint density at radius 3 is 2.62 bits per heavy atom. The van der Waals surface area contributed by atoms with E-state index in [1.165, 1.54) is 6.07 Å². The largest absolute Gasteiger partial charge is 0.506 e. The Kier molecular flexibility index (Phi) is 3.14. The lowest BCUT2D eigenvalue weighted by Crippen LogP contribution is -2.23. The molecule has 4 heteroatoms. The second-order valence-electron chi connectivity index (χ2n) is 2.95. The molecule has 13 heavy (non-hydrogen) atoms. The van der Waals surface area contributed by atoms with E-state index in [9.17, 15) is 10.2 Å². The van der Waals surface area contributed by atoms with Gasteiger partial charge in [0, 0.05) is 0 Å². The van der Waals surface area contributed by atoms with Crippen LogP contribution in [0.1, 0.15) is 18.5 Å². The van der Waals surface area contributed by atoms with E-state index in [-0.39, 0.29) is 10.8 Å². The van der Waals surface area contributed by atoms with Gasteiger partial charge >= 0.3 is 0 Å². The number of phenols is 1. The highest BCUT2D eigenvalue weighted by Crippen LogP contribution is 2.30. The van der Waals surface area contributed by atoms with Crippen molar-refractivity contribution in [1.29, 1.82) is 0 Å². The number of aliphatic hydroxyl groups excluding tert-OH is 1. The summed E-state index contributed by atoms with van der Waals surface area (Å²) in [5, 5.41) is 18.7. The van der Waals surface area contributed by atoms with Gasteiger partial charge in [0.25, 0.3) is 0 Å². The lowest BCUT2D eigenvalue weighted by Gasteiger charge is -2.16. The molecule has 4 N–H and O–H groups in total. The van der Waals surface area contributed by atoms with Crippen LogP contribution < -0.4 is 5.73 Å². The summed E-state index contributed by atoms with van der Waals surface area (Å²) in [5.41, 5.74) is 6.21. The number of phenolic OH excluding ortho intramolecular Hbond substituents is 1. The highest BCUT2D eigenvalue weighted by molar-refractivity contribution is 6.32. The molecule has 72 valence electrons. The van der Waals surface area contributed by atoms with Crippen LogP contribution in [0.15, 0.2) is 18.2 Å². The van der Waals surface area contributed by atoms with Crippen LogP contribution >= 0.6 is 11.6 Å². The average molecular weight is 202 g/mol. The van der Waals surface area contributed by atoms with Gasteiger partial charge in [0.15, 0.2) is 0 Å². The highest BCUT2D eigenvalue weighted by Gasteiger charge is 2.16. The molecule has 0 aliphatic rings. The normalized spacial score (nSPS) is 15.4. The molecule has 0 fully saturated rings. The van der Waals surface area contributed by atoms with Gasteiger partial charge in [0.1, 0.15) is 5.75 Å². The minimum atomic E-state index is -0.695. The van der Waals surface area contributed by atoms with Crippen molar-refractivity contribution in [2.24, 2.45) is 5.73 Å². The molecule has 0 bridgehead atoms. The van der Waals surface area contributed by atoms with Gasteiger partial charge in [-0.3, -0.25) is 0 Å². The van der Waals surface area contributed by atoms with Crippen molar-refractivity contribution in [3.05, 3.63) is 28.8 Å². The van der Waals surface area contributed by atoms with Crippen LogP contribution in [0.5, 0.6) is 5.75 Å². The van der Waals surface area contributed by atoms with Crippen LogP contribution in [-0.2, 0) is 0 Å². The third kappa shape index (κ3) is 2.12. The highest BCUT2D eigenvalue weighted by atomic mass is 35.5. The molecule has 0 aromatic heterocycles. The van der Waals surface area contributed by atoms with E-state index in [0.717, 1.165) is 0 Å². The fraction of sp³-hybridized carbons (Fsp3) is 0.333. The molecular formula is C9H12ClNO2. The summed E-state index contributed by atoms with van der Waals surface area (Å²) in [6, 6.07) is 4.22. The maximum Gasteiger partial charge on any atom is 0.134 e. The molecule has 2 atom stereocenters. The Balaban J connectivity index is 3.07. The average Bonchev–Trinajstić information content (AvgIpc) is 2.08. The number of benzene rings is 1. The Bertz CT molecular complexity index is 302. The second-order valence-corrected chi connectivity index (χ2v) is 3.32. The van der Waals surface area contributed by atoms with Gasteiger partial charge in [-0.25, -0.2) is 0 Å². The number of hydrogen-bond acceptors (Lipinski definition) is 3. The van der Waals surface area contributed by atoms with Gasteiger partial charge in [0.05, 0.1) is 17.2 Å². The molecule has 1 aromatic carbocycles. The van der Waals surface area contributed by atoms with Crippen LogP contribution in [0.3, 0.4) is 0 Å². The maximum atomic E-state index is 9.26. The molecule has 0 heterocycles. The van der Waals surface area contributed by atoms with Gasteiger partial charge in [-0.1, -0.05) is 23.7 Å². The number of rotatable bonds is 2. The standard InChI is InChI=1S/C9H12ClNO2/c1-5(12)9(11)6-3-2-4-7(13)8(6)10/h2-5,9,12-13H,11H2,1H3/t5-,9-/m0/s1. The van der Waals surface area contributed by atoms with E-state index >= 15 is 0 Å². The molecule has 0 amide bonds. The number of aliphatic hydroxyl groups is 1. The summed E-state index contributed by atoms with van der Waals surface area (Å²) in [7, 11) is 0. The molecule has 1 aromatic rings. The quantitative estimate of drug-likeness (QED) is 0.678. The van der Waals surface area contributed by atoms with Crippen LogP contribution in [0, 0.1) is 0 Å². The van der Waals surface area contributed by atoms with Crippen molar-refractivity contribution in [1.82, 2.24) is 0 Å². The zero-order chi connectivity index (χ0) is 10.0. The fourth-order valence-corrected chi connectivity index (χ4v) is 1.31. The lowest BCUT2D eigenvalue weighted by molar-refractivity contribution is 0.164. The van der Waals surface area contributed by atoms with Crippen molar-refractivity contribution in [2.75, 3.05) is 0 Å². The van der Waals surface area contributed by atoms with Gasteiger partial charge in [-0.05, 0) is 18.6 Å². The summed E-state index contributed by atoms with van der Waals surface area (Å²) in [6.07, 6.45) is -0.695. The molecule has 0 radical (unpaired) electrons. The Hall–Kier alpha value is -0.770. The first-order valence-corrected chi connectivity index (χ1v) is 4.33. The molecule has 3 nitrogen and oxygen atoms in total. The minimum Gasteiger partial charge on any atom is -0.506 e. The smallest absolute Gasteiger partial charge is 0.134 e. The number of halogens is 1. The maximum absolute atomic E-state index is 9.26. The molecule has 0 aliphatic heterocycles. The first-order valence-electron chi connectivity index (χ1n) is 3.95. The molecule has 0 aliphatic carbocycles. The van der Waals surface area contributed by atoms with Gasteiger partial charge in [0.2, 0.25) is 0 Å². The summed E-state index contributed by atoms with van der Waals surface area (Å²) >= 11 is 5.79. The second kappa shape index (κ2) is 3.96. The molecule has 0 unspecified atom stereocenters. The van der Waals surface area contributed by atoms with Crippen LogP contribution in [0.2, 0.25) is 5.02 Å². The van der Waals surface area contributed by atoms with E-state index in [0.29, 0.717) is 5.56 Å². The Morgan fingerprint density at radius 1 is 1.46 bits per heavy atom. The van der Waals surface area contributed by atoms with E-state index in [4.69, 9.17) is 17.3 Å². The summed E-state index contributed by atoms with van der Waals surface area (Å²) in [6.45, 7) is 1.57. The Labute approximate surface area is 81.8 Å². The first-order chi connectivity index (χ1) is 6.04. The number of aromatic hydroxyl groups is 1. The third-order valence-electron chi connectivity index (χ3n) is 1.89. The topological polar surface area (TPSA) is 66.5 Å².